The second-order valence-corrected chi connectivity index (χ2v) is 4.56. The van der Waals surface area contributed by atoms with Gasteiger partial charge in [-0.3, -0.25) is 0 Å². The Kier molecular flexibility index (Phi) is 4.57. The maximum atomic E-state index is 13.4. The van der Waals surface area contributed by atoms with Crippen molar-refractivity contribution in [2.45, 2.75) is 20.3 Å². The average Bonchev–Trinajstić information content (AvgIpc) is 2.43. The number of hydrogen-bond donors (Lipinski definition) is 1. The van der Waals surface area contributed by atoms with E-state index in [0.717, 1.165) is 17.8 Å². The fraction of sp³-hybridized carbons (Fsp3) is 0.357. The molecule has 1 aromatic heterocycles. The summed E-state index contributed by atoms with van der Waals surface area (Å²) in [7, 11) is 0. The predicted molar refractivity (Wildman–Crippen MR) is 76.4 cm³/mol. The number of rotatable bonds is 5. The van der Waals surface area contributed by atoms with E-state index >= 15 is 0 Å². The van der Waals surface area contributed by atoms with Gasteiger partial charge in [-0.25, -0.2) is 9.37 Å². The fourth-order valence-corrected chi connectivity index (χ4v) is 1.80. The summed E-state index contributed by atoms with van der Waals surface area (Å²) in [6.07, 6.45) is 0.757. The minimum absolute atomic E-state index is 0.294. The van der Waals surface area contributed by atoms with Crippen LogP contribution in [0.25, 0.3) is 0 Å². The Labute approximate surface area is 117 Å². The maximum absolute atomic E-state index is 13.4. The quantitative estimate of drug-likeness (QED) is 0.905. The van der Waals surface area contributed by atoms with Crippen molar-refractivity contribution in [3.05, 3.63) is 41.5 Å². The van der Waals surface area contributed by atoms with Crippen LogP contribution in [0.5, 0.6) is 0 Å². The highest BCUT2D eigenvalue weighted by Crippen LogP contribution is 2.23. The van der Waals surface area contributed by atoms with Crippen molar-refractivity contribution in [3.8, 4) is 0 Å². The van der Waals surface area contributed by atoms with E-state index in [0.29, 0.717) is 24.7 Å². The van der Waals surface area contributed by atoms with Crippen molar-refractivity contribution in [3.63, 3.8) is 0 Å². The first-order chi connectivity index (χ1) is 9.61. The lowest BCUT2D eigenvalue weighted by atomic mass is 10.2. The minimum Gasteiger partial charge on any atom is -0.330 e. The molecule has 6 heteroatoms. The van der Waals surface area contributed by atoms with Gasteiger partial charge in [-0.1, -0.05) is 6.07 Å². The summed E-state index contributed by atoms with van der Waals surface area (Å²) in [5.74, 6) is 0.171. The van der Waals surface area contributed by atoms with Crippen molar-refractivity contribution in [1.29, 1.82) is 0 Å². The number of aryl methyl sites for hydroxylation is 2. The molecule has 0 saturated carbocycles. The van der Waals surface area contributed by atoms with E-state index in [1.54, 1.807) is 6.07 Å². The average molecular weight is 275 g/mol. The number of anilines is 2. The van der Waals surface area contributed by atoms with Crippen LogP contribution in [0.15, 0.2) is 24.3 Å². The summed E-state index contributed by atoms with van der Waals surface area (Å²) >= 11 is 0. The topological polar surface area (TPSA) is 67.9 Å². The lowest BCUT2D eigenvalue weighted by Crippen LogP contribution is -2.24. The molecule has 0 amide bonds. The van der Waals surface area contributed by atoms with Gasteiger partial charge in [0.15, 0.2) is 0 Å². The van der Waals surface area contributed by atoms with Crippen molar-refractivity contribution in [2.75, 3.05) is 18.0 Å². The first kappa shape index (κ1) is 14.3. The fourth-order valence-electron chi connectivity index (χ4n) is 1.80. The highest BCUT2D eigenvalue weighted by Gasteiger charge is 2.14. The van der Waals surface area contributed by atoms with E-state index < -0.39 is 0 Å². The third-order valence-electron chi connectivity index (χ3n) is 3.03. The smallest absolute Gasteiger partial charge is 0.250 e. The van der Waals surface area contributed by atoms with E-state index in [-0.39, 0.29) is 5.82 Å². The van der Waals surface area contributed by atoms with Crippen molar-refractivity contribution in [1.82, 2.24) is 15.2 Å². The highest BCUT2D eigenvalue weighted by atomic mass is 19.1. The van der Waals surface area contributed by atoms with Gasteiger partial charge in [-0.05, 0) is 45.0 Å². The molecule has 0 aliphatic carbocycles. The van der Waals surface area contributed by atoms with E-state index in [4.69, 9.17) is 5.73 Å². The van der Waals surface area contributed by atoms with Crippen LogP contribution < -0.4 is 10.6 Å². The van der Waals surface area contributed by atoms with E-state index in [1.807, 2.05) is 24.8 Å². The lowest BCUT2D eigenvalue weighted by molar-refractivity contribution is 0.627. The molecule has 0 spiro atoms. The molecule has 0 fully saturated rings. The number of nitrogens with zero attached hydrogens (tertiary/aromatic N) is 4. The molecular weight excluding hydrogens is 257 g/mol. The predicted octanol–water partition coefficient (Wildman–Crippen LogP) is 2.11. The Morgan fingerprint density at radius 3 is 2.65 bits per heavy atom. The monoisotopic (exact) mass is 275 g/mol. The van der Waals surface area contributed by atoms with Crippen LogP contribution in [-0.4, -0.2) is 28.3 Å². The number of nitrogens with two attached hydrogens (primary N) is 1. The summed E-state index contributed by atoms with van der Waals surface area (Å²) in [6, 6.07) is 6.34. The second kappa shape index (κ2) is 6.38. The normalized spacial score (nSPS) is 10.6. The number of hydrogen-bond acceptors (Lipinski definition) is 5. The molecule has 0 aliphatic rings. The van der Waals surface area contributed by atoms with Gasteiger partial charge in [0.2, 0.25) is 5.95 Å². The number of aromatic nitrogens is 3. The van der Waals surface area contributed by atoms with Crippen LogP contribution in [-0.2, 0) is 0 Å². The Hall–Kier alpha value is -2.08. The Balaban J connectivity index is 2.38. The van der Waals surface area contributed by atoms with E-state index in [1.165, 1.54) is 12.1 Å². The third kappa shape index (κ3) is 3.27. The molecule has 1 heterocycles. The molecule has 2 aromatic rings. The summed E-state index contributed by atoms with van der Waals surface area (Å²) < 4.78 is 13.4. The standard InChI is InChI=1S/C14H18FN5/c1-10-11(2)18-19-14(17-10)20(8-4-7-16)13-6-3-5-12(15)9-13/h3,5-6,9H,4,7-8,16H2,1-2H3. The van der Waals surface area contributed by atoms with Crippen LogP contribution in [0.2, 0.25) is 0 Å². The molecule has 20 heavy (non-hydrogen) atoms. The second-order valence-electron chi connectivity index (χ2n) is 4.56. The van der Waals surface area contributed by atoms with Crippen LogP contribution in [0.3, 0.4) is 0 Å². The Morgan fingerprint density at radius 2 is 2.00 bits per heavy atom. The SMILES string of the molecule is Cc1nnc(N(CCCN)c2cccc(F)c2)nc1C. The first-order valence-corrected chi connectivity index (χ1v) is 6.53. The van der Waals surface area contributed by atoms with Crippen LogP contribution in [0.4, 0.5) is 16.0 Å². The Bertz CT molecular complexity index is 588. The number of halogens is 1. The van der Waals surface area contributed by atoms with Crippen LogP contribution in [0.1, 0.15) is 17.8 Å². The number of benzene rings is 1. The largest absolute Gasteiger partial charge is 0.330 e. The lowest BCUT2D eigenvalue weighted by Gasteiger charge is -2.22. The van der Waals surface area contributed by atoms with E-state index in [9.17, 15) is 4.39 Å². The van der Waals surface area contributed by atoms with Gasteiger partial charge in [0.25, 0.3) is 0 Å². The van der Waals surface area contributed by atoms with Crippen LogP contribution >= 0.6 is 0 Å². The molecule has 0 radical (unpaired) electrons. The zero-order chi connectivity index (χ0) is 14.5. The summed E-state index contributed by atoms with van der Waals surface area (Å²) in [5, 5.41) is 8.18. The van der Waals surface area contributed by atoms with Gasteiger partial charge >= 0.3 is 0 Å². The molecule has 5 nitrogen and oxygen atoms in total. The minimum atomic E-state index is -0.294. The van der Waals surface area contributed by atoms with Crippen molar-refractivity contribution in [2.24, 2.45) is 5.73 Å². The third-order valence-corrected chi connectivity index (χ3v) is 3.03. The van der Waals surface area contributed by atoms with Gasteiger partial charge in [-0.2, -0.15) is 5.10 Å². The first-order valence-electron chi connectivity index (χ1n) is 6.53. The molecule has 0 saturated heterocycles. The van der Waals surface area contributed by atoms with Gasteiger partial charge in [-0.15, -0.1) is 5.10 Å². The Morgan fingerprint density at radius 1 is 1.20 bits per heavy atom. The maximum Gasteiger partial charge on any atom is 0.250 e. The zero-order valence-electron chi connectivity index (χ0n) is 11.7. The van der Waals surface area contributed by atoms with Gasteiger partial charge in [0, 0.05) is 12.2 Å². The molecule has 2 N–H and O–H groups in total. The molecule has 0 unspecified atom stereocenters. The summed E-state index contributed by atoms with van der Waals surface area (Å²) in [6.45, 7) is 4.89. The van der Waals surface area contributed by atoms with Crippen molar-refractivity contribution >= 4 is 11.6 Å². The summed E-state index contributed by atoms with van der Waals surface area (Å²) in [5.41, 5.74) is 7.85. The molecule has 0 aliphatic heterocycles. The molecule has 2 rings (SSSR count). The van der Waals surface area contributed by atoms with Gasteiger partial charge < -0.3 is 10.6 Å². The van der Waals surface area contributed by atoms with Gasteiger partial charge in [0.05, 0.1) is 11.4 Å². The van der Waals surface area contributed by atoms with Gasteiger partial charge in [0.1, 0.15) is 5.82 Å². The zero-order valence-corrected chi connectivity index (χ0v) is 11.7. The molecule has 106 valence electrons. The molecular formula is C14H18FN5. The highest BCUT2D eigenvalue weighted by molar-refractivity contribution is 5.56. The molecule has 1 aromatic carbocycles. The molecule has 0 atom stereocenters. The van der Waals surface area contributed by atoms with Crippen molar-refractivity contribution < 1.29 is 4.39 Å². The van der Waals surface area contributed by atoms with E-state index in [2.05, 4.69) is 15.2 Å². The summed E-state index contributed by atoms with van der Waals surface area (Å²) in [4.78, 5) is 6.25. The molecule has 0 bridgehead atoms. The van der Waals surface area contributed by atoms with Crippen LogP contribution in [0, 0.1) is 19.7 Å².